The van der Waals surface area contributed by atoms with Crippen molar-refractivity contribution in [3.63, 3.8) is 0 Å². The van der Waals surface area contributed by atoms with Crippen LogP contribution < -0.4 is 0 Å². The number of aliphatic hydroxyl groups is 1. The van der Waals surface area contributed by atoms with E-state index in [2.05, 4.69) is 27.0 Å². The van der Waals surface area contributed by atoms with Gasteiger partial charge in [-0.3, -0.25) is 9.69 Å². The highest BCUT2D eigenvalue weighted by Gasteiger charge is 2.26. The van der Waals surface area contributed by atoms with E-state index in [4.69, 9.17) is 0 Å². The number of amides is 1. The van der Waals surface area contributed by atoms with E-state index in [0.717, 1.165) is 49.6 Å². The fourth-order valence-electron chi connectivity index (χ4n) is 5.92. The lowest BCUT2D eigenvalue weighted by Crippen LogP contribution is -2.46. The molecule has 3 fully saturated rings. The molecule has 1 aromatic carbocycles. The molecule has 1 aromatic heterocycles. The largest absolute Gasteiger partial charge is 0.396 e. The first-order valence-corrected chi connectivity index (χ1v) is 12.7. The van der Waals surface area contributed by atoms with Crippen LogP contribution in [0.4, 0.5) is 0 Å². The number of hydrogen-bond acceptors (Lipinski definition) is 4. The van der Waals surface area contributed by atoms with Gasteiger partial charge in [-0.1, -0.05) is 12.5 Å². The Bertz CT molecular complexity index is 904. The number of hydrogen-bond donors (Lipinski definition) is 2. The maximum atomic E-state index is 13.0. The summed E-state index contributed by atoms with van der Waals surface area (Å²) in [6, 6.07) is 6.91. The topological polar surface area (TPSA) is 62.8 Å². The average Bonchev–Trinajstić information content (AvgIpc) is 3.26. The Labute approximate surface area is 191 Å². The maximum absolute atomic E-state index is 13.0. The van der Waals surface area contributed by atoms with Crippen LogP contribution in [0, 0.1) is 5.92 Å². The normalized spacial score (nSPS) is 22.6. The van der Waals surface area contributed by atoms with Crippen molar-refractivity contribution >= 4 is 16.8 Å². The number of aromatic amines is 1. The molecule has 0 saturated carbocycles. The molecule has 0 bridgehead atoms. The zero-order valence-corrected chi connectivity index (χ0v) is 19.3. The Morgan fingerprint density at radius 1 is 0.969 bits per heavy atom. The van der Waals surface area contributed by atoms with Crippen LogP contribution in [0.25, 0.3) is 10.9 Å². The van der Waals surface area contributed by atoms with E-state index in [1.54, 1.807) is 0 Å². The van der Waals surface area contributed by atoms with E-state index in [1.165, 1.54) is 69.2 Å². The van der Waals surface area contributed by atoms with Crippen LogP contribution in [0.2, 0.25) is 0 Å². The molecular formula is C26H38N4O2. The van der Waals surface area contributed by atoms with Crippen molar-refractivity contribution in [3.8, 4) is 0 Å². The lowest BCUT2D eigenvalue weighted by Gasteiger charge is -2.40. The summed E-state index contributed by atoms with van der Waals surface area (Å²) < 4.78 is 0. The highest BCUT2D eigenvalue weighted by Crippen LogP contribution is 2.26. The first kappa shape index (κ1) is 21.9. The third kappa shape index (κ3) is 4.73. The summed E-state index contributed by atoms with van der Waals surface area (Å²) in [6.07, 6.45) is 10.6. The number of fused-ring (bicyclic) bond motifs is 1. The van der Waals surface area contributed by atoms with Gasteiger partial charge in [-0.2, -0.15) is 0 Å². The van der Waals surface area contributed by atoms with Crippen molar-refractivity contribution in [3.05, 3.63) is 35.5 Å². The van der Waals surface area contributed by atoms with E-state index in [0.29, 0.717) is 5.92 Å². The highest BCUT2D eigenvalue weighted by atomic mass is 16.3. The van der Waals surface area contributed by atoms with Gasteiger partial charge in [-0.15, -0.1) is 0 Å². The predicted molar refractivity (Wildman–Crippen MR) is 128 cm³/mol. The third-order valence-electron chi connectivity index (χ3n) is 8.03. The van der Waals surface area contributed by atoms with Crippen molar-refractivity contribution < 1.29 is 9.90 Å². The van der Waals surface area contributed by atoms with Crippen LogP contribution in [0.15, 0.2) is 24.4 Å². The lowest BCUT2D eigenvalue weighted by molar-refractivity contribution is 0.0651. The van der Waals surface area contributed by atoms with E-state index < -0.39 is 0 Å². The number of nitrogens with one attached hydrogen (secondary N) is 1. The summed E-state index contributed by atoms with van der Waals surface area (Å²) in [6.45, 7) is 7.64. The minimum absolute atomic E-state index is 0.110. The molecule has 0 atom stereocenters. The van der Waals surface area contributed by atoms with Crippen LogP contribution >= 0.6 is 0 Å². The molecule has 6 nitrogen and oxygen atoms in total. The van der Waals surface area contributed by atoms with Crippen LogP contribution in [0.5, 0.6) is 0 Å². The zero-order valence-electron chi connectivity index (χ0n) is 19.3. The van der Waals surface area contributed by atoms with Crippen LogP contribution in [-0.4, -0.2) is 82.6 Å². The summed E-state index contributed by atoms with van der Waals surface area (Å²) in [4.78, 5) is 23.6. The summed E-state index contributed by atoms with van der Waals surface area (Å²) in [5.74, 6) is 0.455. The van der Waals surface area contributed by atoms with Gasteiger partial charge in [0.2, 0.25) is 0 Å². The number of benzene rings is 1. The van der Waals surface area contributed by atoms with E-state index in [1.807, 2.05) is 17.0 Å². The van der Waals surface area contributed by atoms with Gasteiger partial charge in [0.05, 0.1) is 0 Å². The predicted octanol–water partition coefficient (Wildman–Crippen LogP) is 3.46. The SMILES string of the molecule is O=C(c1ccc2c(CN3CCC(N4CCCCC4)CC3)c[nH]c2c1)N1CCC(CO)CC1. The molecular weight excluding hydrogens is 400 g/mol. The summed E-state index contributed by atoms with van der Waals surface area (Å²) in [5.41, 5.74) is 3.15. The van der Waals surface area contributed by atoms with Gasteiger partial charge in [0, 0.05) is 54.9 Å². The van der Waals surface area contributed by atoms with Crippen LogP contribution in [0.3, 0.4) is 0 Å². The molecule has 3 saturated heterocycles. The van der Waals surface area contributed by atoms with Crippen molar-refractivity contribution in [2.45, 2.75) is 57.5 Å². The third-order valence-corrected chi connectivity index (χ3v) is 8.03. The number of nitrogens with zero attached hydrogens (tertiary/aromatic N) is 3. The first-order valence-electron chi connectivity index (χ1n) is 12.7. The Hall–Kier alpha value is -1.89. The van der Waals surface area contributed by atoms with Crippen molar-refractivity contribution in [1.82, 2.24) is 19.7 Å². The monoisotopic (exact) mass is 438 g/mol. The fourth-order valence-corrected chi connectivity index (χ4v) is 5.92. The molecule has 2 aromatic rings. The van der Waals surface area contributed by atoms with Crippen molar-refractivity contribution in [1.29, 1.82) is 0 Å². The first-order chi connectivity index (χ1) is 15.7. The molecule has 3 aliphatic heterocycles. The Morgan fingerprint density at radius 3 is 2.44 bits per heavy atom. The molecule has 3 aliphatic rings. The van der Waals surface area contributed by atoms with Gasteiger partial charge in [0.25, 0.3) is 5.91 Å². The van der Waals surface area contributed by atoms with Gasteiger partial charge < -0.3 is 19.9 Å². The summed E-state index contributed by atoms with van der Waals surface area (Å²) in [7, 11) is 0. The molecule has 0 radical (unpaired) electrons. The second kappa shape index (κ2) is 9.94. The fraction of sp³-hybridized carbons (Fsp3) is 0.654. The lowest BCUT2D eigenvalue weighted by atomic mass is 9.97. The van der Waals surface area contributed by atoms with Gasteiger partial charge in [0.1, 0.15) is 0 Å². The van der Waals surface area contributed by atoms with Gasteiger partial charge in [0.15, 0.2) is 0 Å². The van der Waals surface area contributed by atoms with Crippen LogP contribution in [0.1, 0.15) is 60.9 Å². The molecule has 1 amide bonds. The highest BCUT2D eigenvalue weighted by molar-refractivity contribution is 5.98. The van der Waals surface area contributed by atoms with Crippen molar-refractivity contribution in [2.24, 2.45) is 5.92 Å². The molecule has 174 valence electrons. The molecule has 0 unspecified atom stereocenters. The second-order valence-electron chi connectivity index (χ2n) is 10.1. The molecule has 0 spiro atoms. The Balaban J connectivity index is 1.19. The number of aromatic nitrogens is 1. The van der Waals surface area contributed by atoms with Gasteiger partial charge in [-0.25, -0.2) is 0 Å². The number of aliphatic hydroxyl groups excluding tert-OH is 1. The Morgan fingerprint density at radius 2 is 1.72 bits per heavy atom. The van der Waals surface area contributed by atoms with E-state index in [9.17, 15) is 9.90 Å². The van der Waals surface area contributed by atoms with Gasteiger partial charge in [-0.05, 0) is 88.3 Å². The van der Waals surface area contributed by atoms with E-state index >= 15 is 0 Å². The minimum Gasteiger partial charge on any atom is -0.396 e. The minimum atomic E-state index is 0.110. The molecule has 0 aliphatic carbocycles. The van der Waals surface area contributed by atoms with Crippen molar-refractivity contribution in [2.75, 3.05) is 45.9 Å². The van der Waals surface area contributed by atoms with Gasteiger partial charge >= 0.3 is 0 Å². The number of carbonyl (C=O) groups is 1. The Kier molecular flexibility index (Phi) is 6.81. The molecule has 2 N–H and O–H groups in total. The molecule has 4 heterocycles. The summed E-state index contributed by atoms with van der Waals surface area (Å²) in [5, 5.41) is 10.6. The quantitative estimate of drug-likeness (QED) is 0.751. The zero-order chi connectivity index (χ0) is 21.9. The number of piperidine rings is 3. The maximum Gasteiger partial charge on any atom is 0.253 e. The second-order valence-corrected chi connectivity index (χ2v) is 10.1. The summed E-state index contributed by atoms with van der Waals surface area (Å²) >= 11 is 0. The molecule has 6 heteroatoms. The number of carbonyl (C=O) groups excluding carboxylic acids is 1. The van der Waals surface area contributed by atoms with Crippen LogP contribution in [-0.2, 0) is 6.54 Å². The average molecular weight is 439 g/mol. The smallest absolute Gasteiger partial charge is 0.253 e. The number of H-pyrrole nitrogens is 1. The number of rotatable bonds is 5. The standard InChI is InChI=1S/C26H38N4O2/c31-19-20-6-14-30(15-7-20)26(32)21-4-5-24-22(17-27-25(24)16-21)18-28-12-8-23(9-13-28)29-10-2-1-3-11-29/h4-5,16-17,20,23,27,31H,1-3,6-15,18-19H2. The van der Waals surface area contributed by atoms with E-state index in [-0.39, 0.29) is 12.5 Å². The number of likely N-dealkylation sites (tertiary alicyclic amines) is 3. The molecule has 32 heavy (non-hydrogen) atoms. The molecule has 5 rings (SSSR count).